The number of carbonyl (C=O) groups excluding carboxylic acids is 2. The second-order valence-electron chi connectivity index (χ2n) is 6.85. The maximum atomic E-state index is 11.7. The van der Waals surface area contributed by atoms with E-state index >= 15 is 0 Å². The molecule has 6 heteroatoms. The highest BCUT2D eigenvalue weighted by atomic mass is 16.5. The van der Waals surface area contributed by atoms with Gasteiger partial charge in [-0.15, -0.1) is 0 Å². The van der Waals surface area contributed by atoms with E-state index in [2.05, 4.69) is 0 Å². The normalized spacial score (nSPS) is 10.8. The van der Waals surface area contributed by atoms with Crippen molar-refractivity contribution in [3.8, 4) is 5.75 Å². The van der Waals surface area contributed by atoms with Gasteiger partial charge < -0.3 is 19.4 Å². The van der Waals surface area contributed by atoms with Crippen LogP contribution in [0.3, 0.4) is 0 Å². The fraction of sp³-hybridized carbons (Fsp3) is 0.522. The zero-order chi connectivity index (χ0) is 21.2. The molecule has 0 fully saturated rings. The average molecular weight is 405 g/mol. The maximum Gasteiger partial charge on any atom is 0.330 e. The third-order valence-corrected chi connectivity index (χ3v) is 4.31. The molecule has 29 heavy (non-hydrogen) atoms. The van der Waals surface area contributed by atoms with E-state index in [-0.39, 0.29) is 12.4 Å². The first kappa shape index (κ1) is 24.4. The fourth-order valence-corrected chi connectivity index (χ4v) is 2.67. The van der Waals surface area contributed by atoms with Gasteiger partial charge in [-0.2, -0.15) is 0 Å². The number of aldehydes is 1. The predicted octanol–water partition coefficient (Wildman–Crippen LogP) is 4.81. The number of carboxylic acid groups (broad SMARTS) is 1. The Morgan fingerprint density at radius 1 is 0.862 bits per heavy atom. The van der Waals surface area contributed by atoms with Gasteiger partial charge in [0, 0.05) is 18.9 Å². The summed E-state index contributed by atoms with van der Waals surface area (Å²) in [5, 5.41) is 8.55. The van der Waals surface area contributed by atoms with Crippen LogP contribution in [0.4, 0.5) is 0 Å². The van der Waals surface area contributed by atoms with Gasteiger partial charge in [0.1, 0.15) is 12.0 Å². The molecule has 0 aromatic heterocycles. The van der Waals surface area contributed by atoms with Crippen LogP contribution in [0.15, 0.2) is 30.3 Å². The van der Waals surface area contributed by atoms with Gasteiger partial charge in [-0.3, -0.25) is 4.79 Å². The minimum Gasteiger partial charge on any atom is -0.494 e. The molecule has 0 bridgehead atoms. The fourth-order valence-electron chi connectivity index (χ4n) is 2.67. The van der Waals surface area contributed by atoms with Crippen molar-refractivity contribution in [2.24, 2.45) is 0 Å². The molecule has 0 aliphatic carbocycles. The highest BCUT2D eigenvalue weighted by Gasteiger charge is 2.00. The lowest BCUT2D eigenvalue weighted by molar-refractivity contribution is -0.138. The van der Waals surface area contributed by atoms with Crippen molar-refractivity contribution in [1.82, 2.24) is 0 Å². The minimum absolute atomic E-state index is 0.238. The Morgan fingerprint density at radius 3 is 2.21 bits per heavy atom. The summed E-state index contributed by atoms with van der Waals surface area (Å²) in [6, 6.07) is 7.44. The summed E-state index contributed by atoms with van der Waals surface area (Å²) >= 11 is 0. The summed E-state index contributed by atoms with van der Waals surface area (Å²) in [5.41, 5.74) is 0.886. The Morgan fingerprint density at radius 2 is 1.52 bits per heavy atom. The first-order valence-corrected chi connectivity index (χ1v) is 10.3. The number of benzene rings is 1. The number of rotatable bonds is 17. The van der Waals surface area contributed by atoms with Crippen molar-refractivity contribution in [2.75, 3.05) is 13.2 Å². The molecule has 0 aliphatic heterocycles. The molecule has 1 aromatic rings. The number of ether oxygens (including phenoxy) is 2. The zero-order valence-corrected chi connectivity index (χ0v) is 17.0. The van der Waals surface area contributed by atoms with Crippen molar-refractivity contribution in [2.45, 2.75) is 64.2 Å². The number of carbonyl (C=O) groups is 3. The molecule has 0 atom stereocenters. The maximum absolute atomic E-state index is 11.7. The number of esters is 1. The van der Waals surface area contributed by atoms with E-state index in [1.54, 1.807) is 6.08 Å². The number of carboxylic acids is 1. The Hall–Kier alpha value is -2.63. The van der Waals surface area contributed by atoms with Crippen LogP contribution < -0.4 is 4.74 Å². The summed E-state index contributed by atoms with van der Waals surface area (Å²) < 4.78 is 10.8. The van der Waals surface area contributed by atoms with Crippen molar-refractivity contribution in [3.05, 3.63) is 35.9 Å². The molecule has 0 spiro atoms. The van der Waals surface area contributed by atoms with Gasteiger partial charge in [0.15, 0.2) is 0 Å². The van der Waals surface area contributed by atoms with E-state index in [1.165, 1.54) is 6.08 Å². The molecule has 1 N–H and O–H groups in total. The van der Waals surface area contributed by atoms with Crippen LogP contribution in [-0.2, 0) is 19.1 Å². The van der Waals surface area contributed by atoms with Gasteiger partial charge in [0.2, 0.25) is 0 Å². The van der Waals surface area contributed by atoms with Crippen LogP contribution in [0.25, 0.3) is 6.08 Å². The first-order valence-electron chi connectivity index (χ1n) is 10.3. The van der Waals surface area contributed by atoms with Gasteiger partial charge in [-0.25, -0.2) is 4.79 Å². The molecule has 0 amide bonds. The Balaban J connectivity index is 2.10. The Kier molecular flexibility index (Phi) is 13.7. The smallest absolute Gasteiger partial charge is 0.330 e. The molecular formula is C23H32O6. The van der Waals surface area contributed by atoms with Gasteiger partial charge in [-0.05, 0) is 49.5 Å². The lowest BCUT2D eigenvalue weighted by Crippen LogP contribution is -2.02. The molecule has 0 unspecified atom stereocenters. The Labute approximate surface area is 172 Å². The van der Waals surface area contributed by atoms with Crippen LogP contribution in [0.1, 0.15) is 69.8 Å². The quantitative estimate of drug-likeness (QED) is 0.173. The van der Waals surface area contributed by atoms with Crippen molar-refractivity contribution >= 4 is 24.3 Å². The molecular weight excluding hydrogens is 372 g/mol. The topological polar surface area (TPSA) is 89.9 Å². The van der Waals surface area contributed by atoms with Crippen LogP contribution in [0.5, 0.6) is 5.75 Å². The second kappa shape index (κ2) is 16.3. The molecule has 1 aromatic carbocycles. The zero-order valence-electron chi connectivity index (χ0n) is 17.0. The lowest BCUT2D eigenvalue weighted by Gasteiger charge is -2.05. The van der Waals surface area contributed by atoms with Gasteiger partial charge >= 0.3 is 11.9 Å². The highest BCUT2D eigenvalue weighted by molar-refractivity contribution is 5.87. The molecule has 0 aliphatic rings. The predicted molar refractivity (Wildman–Crippen MR) is 112 cm³/mol. The SMILES string of the molecule is O=CCCCCOc1ccc(/C=C/C(=O)OCCCCCCCCC(=O)O)cc1. The monoisotopic (exact) mass is 404 g/mol. The summed E-state index contributed by atoms with van der Waals surface area (Å²) in [5.74, 6) is -0.336. The standard InChI is InChI=1S/C23H32O6/c24-17-7-5-9-18-28-21-14-11-20(12-15-21)13-16-23(27)29-19-8-4-2-1-3-6-10-22(25)26/h11-17H,1-10,18-19H2,(H,25,26)/b16-13+. The van der Waals surface area contributed by atoms with Crippen LogP contribution in [0, 0.1) is 0 Å². The van der Waals surface area contributed by atoms with E-state index < -0.39 is 5.97 Å². The Bertz CT molecular complexity index is 621. The van der Waals surface area contributed by atoms with Gasteiger partial charge in [-0.1, -0.05) is 37.8 Å². The molecule has 0 saturated carbocycles. The number of unbranched alkanes of at least 4 members (excludes halogenated alkanes) is 7. The molecule has 0 heterocycles. The van der Waals surface area contributed by atoms with E-state index in [0.717, 1.165) is 69.0 Å². The number of hydrogen-bond donors (Lipinski definition) is 1. The molecule has 6 nitrogen and oxygen atoms in total. The average Bonchev–Trinajstić information content (AvgIpc) is 2.71. The summed E-state index contributed by atoms with van der Waals surface area (Å²) in [7, 11) is 0. The minimum atomic E-state index is -0.739. The third kappa shape index (κ3) is 14.1. The second-order valence-corrected chi connectivity index (χ2v) is 6.85. The number of aliphatic carboxylic acids is 1. The highest BCUT2D eigenvalue weighted by Crippen LogP contribution is 2.14. The summed E-state index contributed by atoms with van der Waals surface area (Å²) in [6.45, 7) is 0.979. The van der Waals surface area contributed by atoms with Gasteiger partial charge in [0.05, 0.1) is 13.2 Å². The largest absolute Gasteiger partial charge is 0.494 e. The van der Waals surface area contributed by atoms with Gasteiger partial charge in [0.25, 0.3) is 0 Å². The summed E-state index contributed by atoms with van der Waals surface area (Å²) in [6.07, 6.45) is 12.0. The molecule has 160 valence electrons. The van der Waals surface area contributed by atoms with E-state index in [1.807, 2.05) is 24.3 Å². The third-order valence-electron chi connectivity index (χ3n) is 4.31. The van der Waals surface area contributed by atoms with Crippen molar-refractivity contribution in [3.63, 3.8) is 0 Å². The first-order chi connectivity index (χ1) is 14.1. The van der Waals surface area contributed by atoms with E-state index in [4.69, 9.17) is 14.6 Å². The molecule has 0 radical (unpaired) electrons. The molecule has 0 saturated heterocycles. The molecule has 1 rings (SSSR count). The summed E-state index contributed by atoms with van der Waals surface area (Å²) in [4.78, 5) is 32.4. The van der Waals surface area contributed by atoms with E-state index in [0.29, 0.717) is 19.6 Å². The van der Waals surface area contributed by atoms with Crippen LogP contribution >= 0.6 is 0 Å². The van der Waals surface area contributed by atoms with Crippen LogP contribution in [-0.4, -0.2) is 36.5 Å². The van der Waals surface area contributed by atoms with Crippen LogP contribution in [0.2, 0.25) is 0 Å². The lowest BCUT2D eigenvalue weighted by atomic mass is 10.1. The number of hydrogen-bond acceptors (Lipinski definition) is 5. The van der Waals surface area contributed by atoms with Crippen molar-refractivity contribution in [1.29, 1.82) is 0 Å². The van der Waals surface area contributed by atoms with Crippen molar-refractivity contribution < 1.29 is 29.0 Å². The van der Waals surface area contributed by atoms with E-state index in [9.17, 15) is 14.4 Å².